The minimum absolute atomic E-state index is 0.532. The summed E-state index contributed by atoms with van der Waals surface area (Å²) in [4.78, 5) is 8.93. The molecule has 19 heavy (non-hydrogen) atoms. The van der Waals surface area contributed by atoms with Crippen LogP contribution in [-0.2, 0) is 6.42 Å². The van der Waals surface area contributed by atoms with Gasteiger partial charge in [-0.15, -0.1) is 0 Å². The molecule has 0 amide bonds. The number of ether oxygens (including phenoxy) is 1. The van der Waals surface area contributed by atoms with E-state index in [4.69, 9.17) is 10.5 Å². The molecule has 100 valence electrons. The van der Waals surface area contributed by atoms with E-state index in [-0.39, 0.29) is 0 Å². The van der Waals surface area contributed by atoms with E-state index in [1.807, 2.05) is 31.2 Å². The lowest BCUT2D eigenvalue weighted by Gasteiger charge is -2.09. The van der Waals surface area contributed by atoms with Crippen molar-refractivity contribution in [2.75, 3.05) is 12.3 Å². The van der Waals surface area contributed by atoms with Crippen molar-refractivity contribution in [2.24, 2.45) is 0 Å². The Hall–Kier alpha value is -1.37. The number of nitrogens with zero attached hydrogens (tertiary/aromatic N) is 2. The summed E-state index contributed by atoms with van der Waals surface area (Å²) in [5.41, 5.74) is 7.84. The molecule has 0 spiro atoms. The van der Waals surface area contributed by atoms with Crippen LogP contribution in [0.4, 0.5) is 5.82 Å². The number of nitrogen functional groups attached to an aromatic ring is 1. The third kappa shape index (κ3) is 3.15. The zero-order valence-corrected chi connectivity index (χ0v) is 13.1. The molecular weight excluding hydrogens is 353 g/mol. The third-order valence-corrected chi connectivity index (χ3v) is 3.86. The summed E-state index contributed by atoms with van der Waals surface area (Å²) in [6.45, 7) is 4.66. The van der Waals surface area contributed by atoms with Crippen molar-refractivity contribution < 1.29 is 4.74 Å². The van der Waals surface area contributed by atoms with E-state index < -0.39 is 0 Å². The average molecular weight is 369 g/mol. The molecule has 1 aromatic carbocycles. The van der Waals surface area contributed by atoms with Crippen molar-refractivity contribution >= 4 is 28.4 Å². The molecule has 2 rings (SSSR count). The van der Waals surface area contributed by atoms with Gasteiger partial charge in [0.1, 0.15) is 11.6 Å². The molecule has 0 aliphatic heterocycles. The van der Waals surface area contributed by atoms with Crippen molar-refractivity contribution in [3.05, 3.63) is 33.5 Å². The van der Waals surface area contributed by atoms with E-state index in [1.54, 1.807) is 0 Å². The van der Waals surface area contributed by atoms with E-state index in [2.05, 4.69) is 39.5 Å². The second-order valence-electron chi connectivity index (χ2n) is 4.01. The Morgan fingerprint density at radius 1 is 1.26 bits per heavy atom. The van der Waals surface area contributed by atoms with Crippen molar-refractivity contribution in [3.63, 3.8) is 0 Å². The first-order valence-corrected chi connectivity index (χ1v) is 7.28. The summed E-state index contributed by atoms with van der Waals surface area (Å²) in [5.74, 6) is 2.00. The highest BCUT2D eigenvalue weighted by molar-refractivity contribution is 14.1. The Morgan fingerprint density at radius 3 is 2.74 bits per heavy atom. The zero-order chi connectivity index (χ0) is 13.8. The Morgan fingerprint density at radius 2 is 2.05 bits per heavy atom. The first-order valence-electron chi connectivity index (χ1n) is 6.20. The number of rotatable bonds is 4. The number of halogens is 1. The second kappa shape index (κ2) is 6.18. The number of hydrogen-bond donors (Lipinski definition) is 1. The lowest BCUT2D eigenvalue weighted by Crippen LogP contribution is -2.04. The Bertz CT molecular complexity index is 587. The number of benzene rings is 1. The first-order chi connectivity index (χ1) is 9.15. The smallest absolute Gasteiger partial charge is 0.161 e. The normalized spacial score (nSPS) is 10.5. The number of aryl methyl sites for hydroxylation is 1. The van der Waals surface area contributed by atoms with Crippen molar-refractivity contribution in [3.8, 4) is 17.1 Å². The lowest BCUT2D eigenvalue weighted by molar-refractivity contribution is 0.340. The number of nitrogens with two attached hydrogens (primary N) is 1. The third-order valence-electron chi connectivity index (χ3n) is 2.68. The van der Waals surface area contributed by atoms with Crippen LogP contribution in [0.5, 0.6) is 5.75 Å². The van der Waals surface area contributed by atoms with Crippen molar-refractivity contribution in [1.29, 1.82) is 0 Å². The maximum Gasteiger partial charge on any atom is 0.161 e. The number of anilines is 1. The van der Waals surface area contributed by atoms with Crippen LogP contribution in [0.15, 0.2) is 24.3 Å². The van der Waals surface area contributed by atoms with Gasteiger partial charge in [0.05, 0.1) is 15.9 Å². The Balaban J connectivity index is 2.46. The van der Waals surface area contributed by atoms with Gasteiger partial charge in [-0.3, -0.25) is 0 Å². The molecule has 1 aromatic heterocycles. The molecule has 2 N–H and O–H groups in total. The van der Waals surface area contributed by atoms with Crippen LogP contribution in [0.2, 0.25) is 0 Å². The first kappa shape index (κ1) is 14.0. The second-order valence-corrected chi connectivity index (χ2v) is 5.09. The predicted molar refractivity (Wildman–Crippen MR) is 85.1 cm³/mol. The van der Waals surface area contributed by atoms with Crippen molar-refractivity contribution in [2.45, 2.75) is 20.3 Å². The molecule has 0 radical (unpaired) electrons. The van der Waals surface area contributed by atoms with Crippen LogP contribution < -0.4 is 10.5 Å². The fraction of sp³-hybridized carbons (Fsp3) is 0.286. The van der Waals surface area contributed by atoms with Crippen LogP contribution in [0.3, 0.4) is 0 Å². The molecule has 4 nitrogen and oxygen atoms in total. The van der Waals surface area contributed by atoms with Gasteiger partial charge in [0.25, 0.3) is 0 Å². The zero-order valence-electron chi connectivity index (χ0n) is 11.0. The van der Waals surface area contributed by atoms with E-state index >= 15 is 0 Å². The fourth-order valence-corrected chi connectivity index (χ4v) is 2.39. The SMILES string of the molecule is CCOc1cccc(-c2nc(N)c(I)c(CC)n2)c1. The van der Waals surface area contributed by atoms with Gasteiger partial charge in [-0.05, 0) is 48.1 Å². The minimum Gasteiger partial charge on any atom is -0.494 e. The number of hydrogen-bond acceptors (Lipinski definition) is 4. The van der Waals surface area contributed by atoms with Gasteiger partial charge < -0.3 is 10.5 Å². The predicted octanol–water partition coefficient (Wildman–Crippen LogP) is 3.29. The van der Waals surface area contributed by atoms with Gasteiger partial charge in [0, 0.05) is 5.56 Å². The quantitative estimate of drug-likeness (QED) is 0.841. The van der Waals surface area contributed by atoms with Crippen LogP contribution in [0.25, 0.3) is 11.4 Å². The molecule has 2 aromatic rings. The summed E-state index contributed by atoms with van der Waals surface area (Å²) in [6.07, 6.45) is 0.836. The molecule has 0 aliphatic carbocycles. The topological polar surface area (TPSA) is 61.0 Å². The van der Waals surface area contributed by atoms with Gasteiger partial charge in [0.15, 0.2) is 5.82 Å². The molecule has 0 saturated heterocycles. The van der Waals surface area contributed by atoms with E-state index in [0.717, 1.165) is 27.0 Å². The maximum absolute atomic E-state index is 5.94. The molecule has 0 atom stereocenters. The van der Waals surface area contributed by atoms with E-state index in [9.17, 15) is 0 Å². The molecule has 5 heteroatoms. The van der Waals surface area contributed by atoms with E-state index in [1.165, 1.54) is 0 Å². The summed E-state index contributed by atoms with van der Waals surface area (Å²) in [7, 11) is 0. The van der Waals surface area contributed by atoms with Gasteiger partial charge in [-0.2, -0.15) is 0 Å². The monoisotopic (exact) mass is 369 g/mol. The summed E-state index contributed by atoms with van der Waals surface area (Å²) in [6, 6.07) is 7.75. The molecule has 0 unspecified atom stereocenters. The Kier molecular flexibility index (Phi) is 4.57. The van der Waals surface area contributed by atoms with Crippen LogP contribution in [-0.4, -0.2) is 16.6 Å². The van der Waals surface area contributed by atoms with Gasteiger partial charge >= 0.3 is 0 Å². The lowest BCUT2D eigenvalue weighted by atomic mass is 10.2. The molecule has 0 fully saturated rings. The highest BCUT2D eigenvalue weighted by Crippen LogP contribution is 2.25. The summed E-state index contributed by atoms with van der Waals surface area (Å²) < 4.78 is 6.43. The number of aromatic nitrogens is 2. The highest BCUT2D eigenvalue weighted by atomic mass is 127. The molecule has 1 heterocycles. The highest BCUT2D eigenvalue weighted by Gasteiger charge is 2.10. The molecule has 0 saturated carbocycles. The molecule has 0 aliphatic rings. The standard InChI is InChI=1S/C14H16IN3O/c1-3-11-12(15)13(16)18-14(17-11)9-6-5-7-10(8-9)19-4-2/h5-8H,3-4H2,1-2H3,(H2,16,17,18). The Labute approximate surface area is 126 Å². The largest absolute Gasteiger partial charge is 0.494 e. The molecular formula is C14H16IN3O. The average Bonchev–Trinajstić information content (AvgIpc) is 2.42. The van der Waals surface area contributed by atoms with Crippen LogP contribution >= 0.6 is 22.6 Å². The van der Waals surface area contributed by atoms with Gasteiger partial charge in [0.2, 0.25) is 0 Å². The molecule has 0 bridgehead atoms. The van der Waals surface area contributed by atoms with Crippen molar-refractivity contribution in [1.82, 2.24) is 9.97 Å². The maximum atomic E-state index is 5.94. The van der Waals surface area contributed by atoms with Gasteiger partial charge in [-0.25, -0.2) is 9.97 Å². The van der Waals surface area contributed by atoms with Crippen LogP contribution in [0, 0.1) is 3.57 Å². The van der Waals surface area contributed by atoms with Crippen LogP contribution in [0.1, 0.15) is 19.5 Å². The fourth-order valence-electron chi connectivity index (χ4n) is 1.77. The van der Waals surface area contributed by atoms with Gasteiger partial charge in [-0.1, -0.05) is 19.1 Å². The summed E-state index contributed by atoms with van der Waals surface area (Å²) in [5, 5.41) is 0. The minimum atomic E-state index is 0.532. The summed E-state index contributed by atoms with van der Waals surface area (Å²) >= 11 is 2.19. The van der Waals surface area contributed by atoms with E-state index in [0.29, 0.717) is 18.2 Å².